The van der Waals surface area contributed by atoms with Crippen LogP contribution in [0.15, 0.2) is 182 Å². The molecule has 6 heterocycles. The van der Waals surface area contributed by atoms with Crippen LogP contribution >= 0.6 is 0 Å². The first-order valence-corrected chi connectivity index (χ1v) is 22.0. The molecule has 4 aliphatic rings. The maximum atomic E-state index is 2.69. The van der Waals surface area contributed by atoms with Crippen LogP contribution in [0.3, 0.4) is 0 Å². The average molecular weight is 777 g/mol. The maximum absolute atomic E-state index is 2.69. The van der Waals surface area contributed by atoms with Crippen LogP contribution in [0.5, 0.6) is 0 Å². The standard InChI is InChI=1S/C58H30B2N2/c1-3-15-33-27-47-41(25-31(33)13-1)53-37-19-7-5-17-35(37)51-39-21-9-11-23-43(39)59-45-30-50-46(29-49(45)61(47)57(53)55(51)59)60-44-24-12-10-22-40(44)52-36-18-6-8-20-38(36)54-42-26-32-14-2-4-16-34(32)28-48(42)62(50)58(54)56(52)60/h1-30H. The Kier molecular flexibility index (Phi) is 5.21. The number of hydrogen-bond acceptors (Lipinski definition) is 0. The lowest BCUT2D eigenvalue weighted by Gasteiger charge is -2.31. The van der Waals surface area contributed by atoms with Gasteiger partial charge in [-0.1, -0.05) is 157 Å². The molecule has 278 valence electrons. The van der Waals surface area contributed by atoms with Gasteiger partial charge in [-0.25, -0.2) is 0 Å². The third kappa shape index (κ3) is 3.35. The van der Waals surface area contributed by atoms with E-state index >= 15 is 0 Å². The molecule has 0 bridgehead atoms. The van der Waals surface area contributed by atoms with Crippen molar-refractivity contribution in [3.63, 3.8) is 0 Å². The monoisotopic (exact) mass is 776 g/mol. The molecule has 0 unspecified atom stereocenters. The van der Waals surface area contributed by atoms with Gasteiger partial charge in [0, 0.05) is 32.9 Å². The smallest absolute Gasteiger partial charge is 0.248 e. The number of aromatic nitrogens is 2. The summed E-state index contributed by atoms with van der Waals surface area (Å²) in [6, 6.07) is 69.9. The van der Waals surface area contributed by atoms with Gasteiger partial charge in [0.15, 0.2) is 0 Å². The highest BCUT2D eigenvalue weighted by Gasteiger charge is 2.47. The van der Waals surface area contributed by atoms with Gasteiger partial charge in [-0.15, -0.1) is 0 Å². The van der Waals surface area contributed by atoms with E-state index in [9.17, 15) is 0 Å². The minimum absolute atomic E-state index is 0.0995. The second-order valence-corrected chi connectivity index (χ2v) is 18.2. The number of hydrogen-bond donors (Lipinski definition) is 0. The summed E-state index contributed by atoms with van der Waals surface area (Å²) in [5.74, 6) is 0. The van der Waals surface area contributed by atoms with Crippen LogP contribution in [-0.4, -0.2) is 22.6 Å². The molecule has 0 amide bonds. The van der Waals surface area contributed by atoms with Gasteiger partial charge in [0.2, 0.25) is 13.4 Å². The van der Waals surface area contributed by atoms with Crippen molar-refractivity contribution < 1.29 is 0 Å². The van der Waals surface area contributed by atoms with Gasteiger partial charge in [-0.2, -0.15) is 0 Å². The Hall–Kier alpha value is -7.81. The van der Waals surface area contributed by atoms with Crippen molar-refractivity contribution in [2.75, 3.05) is 0 Å². The van der Waals surface area contributed by atoms with Crippen LogP contribution in [-0.2, 0) is 0 Å². The van der Waals surface area contributed by atoms with Gasteiger partial charge < -0.3 is 9.13 Å². The zero-order valence-corrected chi connectivity index (χ0v) is 33.4. The summed E-state index contributed by atoms with van der Waals surface area (Å²) in [4.78, 5) is 0. The van der Waals surface area contributed by atoms with Gasteiger partial charge in [0.05, 0.1) is 22.1 Å². The van der Waals surface area contributed by atoms with Crippen molar-refractivity contribution in [1.82, 2.24) is 9.13 Å². The van der Waals surface area contributed by atoms with Crippen molar-refractivity contribution in [3.05, 3.63) is 182 Å². The Morgan fingerprint density at radius 2 is 0.677 bits per heavy atom. The van der Waals surface area contributed by atoms with E-state index in [1.165, 1.54) is 153 Å². The quantitative estimate of drug-likeness (QED) is 0.136. The molecule has 0 N–H and O–H groups in total. The lowest BCUT2D eigenvalue weighted by atomic mass is 9.35. The van der Waals surface area contributed by atoms with Gasteiger partial charge in [0.1, 0.15) is 0 Å². The molecule has 4 heteroatoms. The Labute approximate surface area is 356 Å². The molecule has 2 aromatic heterocycles. The Bertz CT molecular complexity index is 4080. The Morgan fingerprint density at radius 3 is 1.13 bits per heavy atom. The lowest BCUT2D eigenvalue weighted by molar-refractivity contribution is 1.16. The molecule has 0 fully saturated rings. The molecular weight excluding hydrogens is 746 g/mol. The second-order valence-electron chi connectivity index (χ2n) is 18.2. The number of nitrogens with zero attached hydrogens (tertiary/aromatic N) is 2. The van der Waals surface area contributed by atoms with Crippen molar-refractivity contribution in [2.45, 2.75) is 0 Å². The van der Waals surface area contributed by atoms with Crippen LogP contribution in [0.2, 0.25) is 0 Å². The minimum Gasteiger partial charge on any atom is -0.310 e. The molecule has 17 rings (SSSR count). The summed E-state index contributed by atoms with van der Waals surface area (Å²) in [7, 11) is 0. The fraction of sp³-hybridized carbons (Fsp3) is 0. The topological polar surface area (TPSA) is 9.86 Å². The molecular formula is C58H30B2N2. The van der Waals surface area contributed by atoms with Gasteiger partial charge in [0.25, 0.3) is 0 Å². The SMILES string of the molecule is c1ccc2c(c1)B1c3cc4c(cc3-n3c5cc6ccccc6cc5c5c6ccccc6c-2c1c53)B1c2ccccc2-c2c1c1c(c3ccccc23)c2cc3ccccc3cc2n1-4. The highest BCUT2D eigenvalue weighted by Crippen LogP contribution is 2.48. The maximum Gasteiger partial charge on any atom is 0.248 e. The molecule has 0 radical (unpaired) electrons. The van der Waals surface area contributed by atoms with E-state index in [2.05, 4.69) is 191 Å². The molecule has 2 nitrogen and oxygen atoms in total. The van der Waals surface area contributed by atoms with Crippen LogP contribution in [0.25, 0.3) is 120 Å². The molecule has 13 aromatic rings. The summed E-state index contributed by atoms with van der Waals surface area (Å²) < 4.78 is 5.38. The highest BCUT2D eigenvalue weighted by molar-refractivity contribution is 7.03. The van der Waals surface area contributed by atoms with Crippen LogP contribution in [0.4, 0.5) is 0 Å². The summed E-state index contributed by atoms with van der Waals surface area (Å²) >= 11 is 0. The largest absolute Gasteiger partial charge is 0.310 e. The van der Waals surface area contributed by atoms with E-state index in [4.69, 9.17) is 0 Å². The third-order valence-corrected chi connectivity index (χ3v) is 15.6. The minimum atomic E-state index is 0.0995. The summed E-state index contributed by atoms with van der Waals surface area (Å²) in [6.07, 6.45) is 0. The molecule has 0 atom stereocenters. The zero-order valence-electron chi connectivity index (χ0n) is 33.4. The van der Waals surface area contributed by atoms with E-state index in [-0.39, 0.29) is 13.4 Å². The number of fused-ring (bicyclic) bond motifs is 26. The molecule has 11 aromatic carbocycles. The average Bonchev–Trinajstić information content (AvgIpc) is 4.06. The van der Waals surface area contributed by atoms with Crippen LogP contribution in [0.1, 0.15) is 0 Å². The summed E-state index contributed by atoms with van der Waals surface area (Å²) in [5, 5.41) is 15.9. The molecule has 4 aliphatic heterocycles. The Morgan fingerprint density at radius 1 is 0.306 bits per heavy atom. The van der Waals surface area contributed by atoms with E-state index in [0.29, 0.717) is 0 Å². The lowest BCUT2D eigenvalue weighted by Crippen LogP contribution is -2.57. The fourth-order valence-electron chi connectivity index (χ4n) is 13.4. The first-order valence-electron chi connectivity index (χ1n) is 22.0. The predicted octanol–water partition coefficient (Wildman–Crippen LogP) is 10.1. The first kappa shape index (κ1) is 31.1. The summed E-state index contributed by atoms with van der Waals surface area (Å²) in [5.41, 5.74) is 21.9. The van der Waals surface area contributed by atoms with Gasteiger partial charge in [-0.3, -0.25) is 0 Å². The van der Waals surface area contributed by atoms with Crippen molar-refractivity contribution in [3.8, 4) is 33.6 Å². The fourth-order valence-corrected chi connectivity index (χ4v) is 13.4. The molecule has 0 aliphatic carbocycles. The first-order chi connectivity index (χ1) is 30.8. The Balaban J connectivity index is 1.12. The van der Waals surface area contributed by atoms with Crippen LogP contribution < -0.4 is 32.8 Å². The van der Waals surface area contributed by atoms with E-state index < -0.39 is 0 Å². The van der Waals surface area contributed by atoms with Gasteiger partial charge in [-0.05, 0) is 124 Å². The molecule has 0 saturated heterocycles. The van der Waals surface area contributed by atoms with E-state index in [1.54, 1.807) is 0 Å². The predicted molar refractivity (Wildman–Crippen MR) is 265 cm³/mol. The second kappa shape index (κ2) is 10.4. The van der Waals surface area contributed by atoms with E-state index in [0.717, 1.165) is 0 Å². The molecule has 0 saturated carbocycles. The van der Waals surface area contributed by atoms with Gasteiger partial charge >= 0.3 is 0 Å². The molecule has 0 spiro atoms. The van der Waals surface area contributed by atoms with Crippen LogP contribution in [0, 0.1) is 0 Å². The summed E-state index contributed by atoms with van der Waals surface area (Å²) in [6.45, 7) is 0.199. The van der Waals surface area contributed by atoms with Crippen molar-refractivity contribution in [1.29, 1.82) is 0 Å². The normalized spacial score (nSPS) is 13.7. The highest BCUT2D eigenvalue weighted by atomic mass is 15.0. The van der Waals surface area contributed by atoms with E-state index in [1.807, 2.05) is 0 Å². The number of rotatable bonds is 0. The zero-order chi connectivity index (χ0) is 39.7. The number of benzene rings is 11. The van der Waals surface area contributed by atoms with Crippen molar-refractivity contribution in [2.24, 2.45) is 0 Å². The third-order valence-electron chi connectivity index (χ3n) is 15.6. The molecule has 62 heavy (non-hydrogen) atoms. The van der Waals surface area contributed by atoms with Crippen molar-refractivity contribution >= 4 is 133 Å².